The molecule has 4 nitrogen and oxygen atoms in total. The minimum Gasteiger partial charge on any atom is -0.357 e. The molecule has 0 aliphatic heterocycles. The van der Waals surface area contributed by atoms with Crippen LogP contribution in [0.3, 0.4) is 0 Å². The summed E-state index contributed by atoms with van der Waals surface area (Å²) in [7, 11) is 0. The van der Waals surface area contributed by atoms with Gasteiger partial charge >= 0.3 is 0 Å². The number of hydrogen-bond acceptors (Lipinski definition) is 2. The van der Waals surface area contributed by atoms with Gasteiger partial charge in [-0.25, -0.2) is 9.98 Å². The molecule has 2 rings (SSSR count). The van der Waals surface area contributed by atoms with Crippen LogP contribution in [0.4, 0.5) is 0 Å². The van der Waals surface area contributed by atoms with E-state index in [-0.39, 0.29) is 24.0 Å². The first-order valence-corrected chi connectivity index (χ1v) is 7.81. The first-order valence-electron chi connectivity index (χ1n) is 7.43. The zero-order chi connectivity index (χ0) is 14.2. The summed E-state index contributed by atoms with van der Waals surface area (Å²) in [5.74, 6) is 0.898. The molecule has 0 unspecified atom stereocenters. The number of hydrogen-bond donors (Lipinski definition) is 2. The van der Waals surface area contributed by atoms with E-state index in [0.717, 1.165) is 18.1 Å². The van der Waals surface area contributed by atoms with Crippen molar-refractivity contribution in [3.05, 3.63) is 29.0 Å². The molecule has 0 bridgehead atoms. The molecular formula is C15H24ClIN4. The van der Waals surface area contributed by atoms with Gasteiger partial charge in [-0.15, -0.1) is 24.0 Å². The highest BCUT2D eigenvalue weighted by atomic mass is 127. The third-order valence-corrected chi connectivity index (χ3v) is 3.72. The van der Waals surface area contributed by atoms with Gasteiger partial charge < -0.3 is 10.6 Å². The van der Waals surface area contributed by atoms with Crippen LogP contribution in [0.1, 0.15) is 44.6 Å². The zero-order valence-electron chi connectivity index (χ0n) is 12.4. The van der Waals surface area contributed by atoms with E-state index >= 15 is 0 Å². The molecule has 118 valence electrons. The maximum atomic E-state index is 5.78. The Morgan fingerprint density at radius 3 is 2.71 bits per heavy atom. The molecule has 1 aromatic rings. The number of nitrogens with one attached hydrogen (secondary N) is 2. The van der Waals surface area contributed by atoms with E-state index in [4.69, 9.17) is 11.6 Å². The van der Waals surface area contributed by atoms with Crippen LogP contribution in [0, 0.1) is 0 Å². The van der Waals surface area contributed by atoms with Crippen LogP contribution < -0.4 is 10.6 Å². The van der Waals surface area contributed by atoms with Gasteiger partial charge in [0, 0.05) is 18.8 Å². The normalized spacial score (nSPS) is 16.2. The van der Waals surface area contributed by atoms with Crippen molar-refractivity contribution in [3.63, 3.8) is 0 Å². The van der Waals surface area contributed by atoms with Crippen molar-refractivity contribution < 1.29 is 0 Å². The van der Waals surface area contributed by atoms with Crippen LogP contribution in [-0.2, 0) is 6.54 Å². The second-order valence-corrected chi connectivity index (χ2v) is 5.55. The molecular weight excluding hydrogens is 399 g/mol. The second kappa shape index (κ2) is 10.2. The van der Waals surface area contributed by atoms with Crippen molar-refractivity contribution >= 4 is 41.5 Å². The van der Waals surface area contributed by atoms with Crippen LogP contribution in [0.2, 0.25) is 5.15 Å². The number of guanidine groups is 1. The SMILES string of the molecule is CCNC(=NCc1ccc(Cl)nc1)NC1CCCCC1.I. The zero-order valence-corrected chi connectivity index (χ0v) is 15.5. The Labute approximate surface area is 149 Å². The molecule has 0 saturated heterocycles. The molecule has 1 aliphatic carbocycles. The molecule has 1 saturated carbocycles. The first-order chi connectivity index (χ1) is 9.78. The van der Waals surface area contributed by atoms with E-state index in [9.17, 15) is 0 Å². The Bertz CT molecular complexity index is 430. The molecule has 2 N–H and O–H groups in total. The number of aliphatic imine (C=N–C) groups is 1. The average molecular weight is 423 g/mol. The van der Waals surface area contributed by atoms with E-state index in [1.165, 1.54) is 32.1 Å². The molecule has 0 radical (unpaired) electrons. The van der Waals surface area contributed by atoms with Gasteiger partial charge in [-0.2, -0.15) is 0 Å². The molecule has 0 spiro atoms. The summed E-state index contributed by atoms with van der Waals surface area (Å²) in [5, 5.41) is 7.35. The number of rotatable bonds is 4. The van der Waals surface area contributed by atoms with Gasteiger partial charge in [-0.05, 0) is 31.4 Å². The summed E-state index contributed by atoms with van der Waals surface area (Å²) in [4.78, 5) is 8.69. The predicted octanol–water partition coefficient (Wildman–Crippen LogP) is 3.74. The number of pyridine rings is 1. The van der Waals surface area contributed by atoms with Crippen LogP contribution in [0.15, 0.2) is 23.3 Å². The van der Waals surface area contributed by atoms with Crippen molar-refractivity contribution in [2.24, 2.45) is 4.99 Å². The molecule has 1 aromatic heterocycles. The summed E-state index contributed by atoms with van der Waals surface area (Å²) in [5.41, 5.74) is 1.07. The van der Waals surface area contributed by atoms with Crippen molar-refractivity contribution in [2.75, 3.05) is 6.54 Å². The van der Waals surface area contributed by atoms with Crippen molar-refractivity contribution in [3.8, 4) is 0 Å². The number of halogens is 2. The first kappa shape index (κ1) is 18.5. The fourth-order valence-electron chi connectivity index (χ4n) is 2.43. The highest BCUT2D eigenvalue weighted by molar-refractivity contribution is 14.0. The summed E-state index contributed by atoms with van der Waals surface area (Å²) < 4.78 is 0. The van der Waals surface area contributed by atoms with E-state index in [1.54, 1.807) is 12.3 Å². The van der Waals surface area contributed by atoms with Crippen LogP contribution >= 0.6 is 35.6 Å². The van der Waals surface area contributed by atoms with E-state index in [1.807, 2.05) is 6.07 Å². The Morgan fingerprint density at radius 1 is 1.33 bits per heavy atom. The summed E-state index contributed by atoms with van der Waals surface area (Å²) in [6, 6.07) is 4.32. The average Bonchev–Trinajstić information content (AvgIpc) is 2.48. The van der Waals surface area contributed by atoms with Gasteiger partial charge in [0.05, 0.1) is 6.54 Å². The molecule has 1 aliphatic rings. The topological polar surface area (TPSA) is 49.3 Å². The largest absolute Gasteiger partial charge is 0.357 e. The quantitative estimate of drug-likeness (QED) is 0.336. The number of nitrogens with zero attached hydrogens (tertiary/aromatic N) is 2. The summed E-state index contributed by atoms with van der Waals surface area (Å²) >= 11 is 5.78. The number of aromatic nitrogens is 1. The standard InChI is InChI=1S/C15H23ClN4.HI/c1-2-17-15(20-13-6-4-3-5-7-13)19-11-12-8-9-14(16)18-10-12;/h8-10,13H,2-7,11H2,1H3,(H2,17,19,20);1H. The van der Waals surface area contributed by atoms with Crippen molar-refractivity contribution in [1.82, 2.24) is 15.6 Å². The second-order valence-electron chi connectivity index (χ2n) is 5.16. The maximum absolute atomic E-state index is 5.78. The van der Waals surface area contributed by atoms with Gasteiger partial charge in [-0.1, -0.05) is 36.9 Å². The fourth-order valence-corrected chi connectivity index (χ4v) is 2.54. The van der Waals surface area contributed by atoms with Crippen molar-refractivity contribution in [1.29, 1.82) is 0 Å². The Hall–Kier alpha value is -0.560. The molecule has 0 amide bonds. The maximum Gasteiger partial charge on any atom is 0.191 e. The lowest BCUT2D eigenvalue weighted by Crippen LogP contribution is -2.44. The van der Waals surface area contributed by atoms with Crippen LogP contribution in [0.25, 0.3) is 0 Å². The van der Waals surface area contributed by atoms with Gasteiger partial charge in [0.25, 0.3) is 0 Å². The smallest absolute Gasteiger partial charge is 0.191 e. The van der Waals surface area contributed by atoms with E-state index in [2.05, 4.69) is 27.5 Å². The molecule has 0 aromatic carbocycles. The third-order valence-electron chi connectivity index (χ3n) is 3.50. The monoisotopic (exact) mass is 422 g/mol. The lowest BCUT2D eigenvalue weighted by atomic mass is 9.96. The highest BCUT2D eigenvalue weighted by Gasteiger charge is 2.14. The van der Waals surface area contributed by atoms with Gasteiger partial charge in [0.1, 0.15) is 5.15 Å². The molecule has 1 fully saturated rings. The lowest BCUT2D eigenvalue weighted by molar-refractivity contribution is 0.410. The van der Waals surface area contributed by atoms with Crippen molar-refractivity contribution in [2.45, 2.75) is 51.6 Å². The molecule has 0 atom stereocenters. The summed E-state index contributed by atoms with van der Waals surface area (Å²) in [6.07, 6.45) is 8.26. The molecule has 21 heavy (non-hydrogen) atoms. The van der Waals surface area contributed by atoms with E-state index < -0.39 is 0 Å². The highest BCUT2D eigenvalue weighted by Crippen LogP contribution is 2.17. The van der Waals surface area contributed by atoms with Crippen LogP contribution in [-0.4, -0.2) is 23.5 Å². The Kier molecular flexibility index (Phi) is 8.99. The van der Waals surface area contributed by atoms with Gasteiger partial charge in [0.2, 0.25) is 0 Å². The minimum atomic E-state index is 0. The summed E-state index contributed by atoms with van der Waals surface area (Å²) in [6.45, 7) is 3.57. The van der Waals surface area contributed by atoms with Gasteiger partial charge in [-0.3, -0.25) is 0 Å². The minimum absolute atomic E-state index is 0. The molecule has 1 heterocycles. The van der Waals surface area contributed by atoms with Gasteiger partial charge in [0.15, 0.2) is 5.96 Å². The Morgan fingerprint density at radius 2 is 2.10 bits per heavy atom. The van der Waals surface area contributed by atoms with Crippen LogP contribution in [0.5, 0.6) is 0 Å². The Balaban J connectivity index is 0.00000220. The fraction of sp³-hybridized carbons (Fsp3) is 0.600. The van der Waals surface area contributed by atoms with E-state index in [0.29, 0.717) is 17.7 Å². The lowest BCUT2D eigenvalue weighted by Gasteiger charge is -2.24. The predicted molar refractivity (Wildman–Crippen MR) is 99.5 cm³/mol. The third kappa shape index (κ3) is 6.82. The molecule has 6 heteroatoms.